The van der Waals surface area contributed by atoms with Gasteiger partial charge in [0.2, 0.25) is 5.91 Å². The summed E-state index contributed by atoms with van der Waals surface area (Å²) in [4.78, 5) is 14.2. The number of benzene rings is 1. The number of hydrogen-bond acceptors (Lipinski definition) is 3. The molecular formula is C14H20BrCl2N3O. The number of rotatable bonds is 4. The summed E-state index contributed by atoms with van der Waals surface area (Å²) in [6.45, 7) is 2.43. The molecule has 0 unspecified atom stereocenters. The second-order valence-corrected chi connectivity index (χ2v) is 6.39. The number of carbonyl (C=O) groups is 1. The third-order valence-corrected chi connectivity index (χ3v) is 4.34. The second kappa shape index (κ2) is 8.96. The molecule has 21 heavy (non-hydrogen) atoms. The van der Waals surface area contributed by atoms with E-state index in [-0.39, 0.29) is 18.3 Å². The normalized spacial score (nSPS) is 15.6. The molecule has 1 saturated heterocycles. The molecule has 2 rings (SSSR count). The van der Waals surface area contributed by atoms with Gasteiger partial charge in [0.05, 0.1) is 17.3 Å². The number of piperidine rings is 1. The van der Waals surface area contributed by atoms with E-state index in [4.69, 9.17) is 11.6 Å². The van der Waals surface area contributed by atoms with E-state index in [1.807, 2.05) is 13.1 Å². The first-order chi connectivity index (χ1) is 9.56. The van der Waals surface area contributed by atoms with Crippen LogP contribution in [0.2, 0.25) is 5.02 Å². The third-order valence-electron chi connectivity index (χ3n) is 3.53. The molecular weight excluding hydrogens is 377 g/mol. The largest absolute Gasteiger partial charge is 0.324 e. The zero-order valence-electron chi connectivity index (χ0n) is 11.9. The van der Waals surface area contributed by atoms with E-state index < -0.39 is 0 Å². The van der Waals surface area contributed by atoms with E-state index in [1.54, 1.807) is 12.1 Å². The van der Waals surface area contributed by atoms with Crippen molar-refractivity contribution < 1.29 is 4.79 Å². The number of amides is 1. The number of anilines is 1. The second-order valence-electron chi connectivity index (χ2n) is 5.07. The highest BCUT2D eigenvalue weighted by Gasteiger charge is 2.19. The zero-order chi connectivity index (χ0) is 14.5. The number of carbonyl (C=O) groups excluding carboxylic acids is 1. The summed E-state index contributed by atoms with van der Waals surface area (Å²) < 4.78 is 0.896. The Kier molecular flexibility index (Phi) is 7.98. The van der Waals surface area contributed by atoms with Gasteiger partial charge in [-0.15, -0.1) is 12.4 Å². The van der Waals surface area contributed by atoms with Gasteiger partial charge in [-0.25, -0.2) is 0 Å². The maximum Gasteiger partial charge on any atom is 0.238 e. The highest BCUT2D eigenvalue weighted by atomic mass is 79.9. The van der Waals surface area contributed by atoms with E-state index in [0.717, 1.165) is 30.4 Å². The van der Waals surface area contributed by atoms with Gasteiger partial charge in [0.25, 0.3) is 0 Å². The minimum absolute atomic E-state index is 0. The monoisotopic (exact) mass is 395 g/mol. The maximum atomic E-state index is 12.1. The predicted molar refractivity (Wildman–Crippen MR) is 93.6 cm³/mol. The minimum Gasteiger partial charge on any atom is -0.324 e. The lowest BCUT2D eigenvalue weighted by atomic mass is 10.1. The number of halogens is 3. The molecule has 0 spiro atoms. The van der Waals surface area contributed by atoms with Crippen LogP contribution in [0, 0.1) is 0 Å². The first kappa shape index (κ1) is 18.7. The lowest BCUT2D eigenvalue weighted by Gasteiger charge is -2.31. The molecule has 0 aromatic heterocycles. The molecule has 0 saturated carbocycles. The van der Waals surface area contributed by atoms with Crippen LogP contribution in [0.1, 0.15) is 12.8 Å². The molecule has 0 radical (unpaired) electrons. The van der Waals surface area contributed by atoms with Crippen LogP contribution in [0.25, 0.3) is 0 Å². The van der Waals surface area contributed by atoms with Gasteiger partial charge in [-0.05, 0) is 51.2 Å². The minimum atomic E-state index is -0.0322. The molecule has 0 atom stereocenters. The number of likely N-dealkylation sites (N-methyl/N-ethyl adjacent to an activating group) is 1. The average molecular weight is 397 g/mol. The standard InChI is InChI=1S/C14H19BrClN3O.ClH/c1-19(11-4-6-17-7-5-11)9-14(20)18-13-3-2-10(15)8-12(13)16;/h2-3,8,11,17H,4-7,9H2,1H3,(H,18,20);1H. The summed E-state index contributed by atoms with van der Waals surface area (Å²) in [6.07, 6.45) is 2.17. The van der Waals surface area contributed by atoms with Gasteiger partial charge >= 0.3 is 0 Å². The molecule has 7 heteroatoms. The van der Waals surface area contributed by atoms with Crippen LogP contribution in [0.4, 0.5) is 5.69 Å². The molecule has 0 bridgehead atoms. The van der Waals surface area contributed by atoms with Crippen molar-refractivity contribution in [3.8, 4) is 0 Å². The van der Waals surface area contributed by atoms with Gasteiger partial charge < -0.3 is 10.6 Å². The SMILES string of the molecule is CN(CC(=O)Nc1ccc(Br)cc1Cl)C1CCNCC1.Cl. The molecule has 2 N–H and O–H groups in total. The van der Waals surface area contributed by atoms with Crippen molar-refractivity contribution in [3.05, 3.63) is 27.7 Å². The van der Waals surface area contributed by atoms with Gasteiger partial charge in [-0.3, -0.25) is 9.69 Å². The molecule has 0 aliphatic carbocycles. The average Bonchev–Trinajstić information content (AvgIpc) is 2.43. The van der Waals surface area contributed by atoms with E-state index in [9.17, 15) is 4.79 Å². The lowest BCUT2D eigenvalue weighted by Crippen LogP contribution is -2.44. The van der Waals surface area contributed by atoms with E-state index >= 15 is 0 Å². The predicted octanol–water partition coefficient (Wildman–Crippen LogP) is 3.15. The first-order valence-corrected chi connectivity index (χ1v) is 7.89. The highest BCUT2D eigenvalue weighted by Crippen LogP contribution is 2.25. The van der Waals surface area contributed by atoms with Crippen molar-refractivity contribution >= 4 is 51.5 Å². The molecule has 118 valence electrons. The maximum absolute atomic E-state index is 12.1. The fourth-order valence-corrected chi connectivity index (χ4v) is 3.10. The molecule has 1 aromatic rings. The molecule has 1 amide bonds. The summed E-state index contributed by atoms with van der Waals surface area (Å²) in [5.74, 6) is -0.0322. The Morgan fingerprint density at radius 2 is 2.14 bits per heavy atom. The zero-order valence-corrected chi connectivity index (χ0v) is 15.0. The third kappa shape index (κ3) is 5.75. The highest BCUT2D eigenvalue weighted by molar-refractivity contribution is 9.10. The van der Waals surface area contributed by atoms with E-state index in [0.29, 0.717) is 23.3 Å². The quantitative estimate of drug-likeness (QED) is 0.821. The van der Waals surface area contributed by atoms with Crippen LogP contribution >= 0.6 is 39.9 Å². The molecule has 4 nitrogen and oxygen atoms in total. The van der Waals surface area contributed by atoms with E-state index in [1.165, 1.54) is 0 Å². The van der Waals surface area contributed by atoms with Crippen LogP contribution in [0.15, 0.2) is 22.7 Å². The van der Waals surface area contributed by atoms with Gasteiger partial charge in [0.1, 0.15) is 0 Å². The van der Waals surface area contributed by atoms with Crippen LogP contribution in [0.3, 0.4) is 0 Å². The summed E-state index contributed by atoms with van der Waals surface area (Å²) in [5, 5.41) is 6.72. The van der Waals surface area contributed by atoms with Crippen LogP contribution in [-0.4, -0.2) is 43.5 Å². The topological polar surface area (TPSA) is 44.4 Å². The number of hydrogen-bond donors (Lipinski definition) is 2. The van der Waals surface area contributed by atoms with Crippen molar-refractivity contribution in [1.29, 1.82) is 0 Å². The summed E-state index contributed by atoms with van der Waals surface area (Å²) in [5.41, 5.74) is 0.651. The first-order valence-electron chi connectivity index (χ1n) is 6.72. The van der Waals surface area contributed by atoms with Crippen molar-refractivity contribution in [2.24, 2.45) is 0 Å². The van der Waals surface area contributed by atoms with Crippen molar-refractivity contribution in [2.45, 2.75) is 18.9 Å². The van der Waals surface area contributed by atoms with Crippen molar-refractivity contribution in [1.82, 2.24) is 10.2 Å². The Morgan fingerprint density at radius 1 is 1.48 bits per heavy atom. The van der Waals surface area contributed by atoms with Crippen molar-refractivity contribution in [2.75, 3.05) is 32.0 Å². The fourth-order valence-electron chi connectivity index (χ4n) is 2.38. The van der Waals surface area contributed by atoms with Gasteiger partial charge in [-0.2, -0.15) is 0 Å². The lowest BCUT2D eigenvalue weighted by molar-refractivity contribution is -0.117. The van der Waals surface area contributed by atoms with Gasteiger partial charge in [0, 0.05) is 10.5 Å². The van der Waals surface area contributed by atoms with Gasteiger partial charge in [0.15, 0.2) is 0 Å². The van der Waals surface area contributed by atoms with Crippen LogP contribution in [0.5, 0.6) is 0 Å². The number of nitrogens with zero attached hydrogens (tertiary/aromatic N) is 1. The molecule has 1 aliphatic heterocycles. The van der Waals surface area contributed by atoms with E-state index in [2.05, 4.69) is 31.5 Å². The molecule has 1 heterocycles. The summed E-state index contributed by atoms with van der Waals surface area (Å²) in [6, 6.07) is 5.91. The smallest absolute Gasteiger partial charge is 0.238 e. The van der Waals surface area contributed by atoms with Crippen LogP contribution in [-0.2, 0) is 4.79 Å². The summed E-state index contributed by atoms with van der Waals surface area (Å²) >= 11 is 9.44. The van der Waals surface area contributed by atoms with Gasteiger partial charge in [-0.1, -0.05) is 27.5 Å². The Bertz CT molecular complexity index is 481. The van der Waals surface area contributed by atoms with Crippen LogP contribution < -0.4 is 10.6 Å². The summed E-state index contributed by atoms with van der Waals surface area (Å²) in [7, 11) is 2.00. The molecule has 1 aliphatic rings. The Balaban J connectivity index is 0.00000220. The Hall–Kier alpha value is -0.330. The molecule has 1 fully saturated rings. The Morgan fingerprint density at radius 3 is 2.76 bits per heavy atom. The fraction of sp³-hybridized carbons (Fsp3) is 0.500. The Labute approximate surface area is 145 Å². The molecule has 1 aromatic carbocycles. The van der Waals surface area contributed by atoms with Crippen molar-refractivity contribution in [3.63, 3.8) is 0 Å². The number of nitrogens with one attached hydrogen (secondary N) is 2.